The van der Waals surface area contributed by atoms with E-state index in [1.807, 2.05) is 23.8 Å². The lowest BCUT2D eigenvalue weighted by atomic mass is 10.1. The lowest BCUT2D eigenvalue weighted by Crippen LogP contribution is -2.29. The molecule has 8 nitrogen and oxygen atoms in total. The van der Waals surface area contributed by atoms with Gasteiger partial charge in [-0.15, -0.1) is 34.4 Å². The van der Waals surface area contributed by atoms with Crippen LogP contribution in [-0.4, -0.2) is 46.8 Å². The summed E-state index contributed by atoms with van der Waals surface area (Å²) in [7, 11) is 0. The Balaban J connectivity index is 1.75. The first-order valence-corrected chi connectivity index (χ1v) is 12.7. The van der Waals surface area contributed by atoms with Gasteiger partial charge in [0.25, 0.3) is 0 Å². The minimum absolute atomic E-state index is 0.398. The van der Waals surface area contributed by atoms with Crippen LogP contribution >= 0.6 is 34.4 Å². The Morgan fingerprint density at radius 1 is 1.30 bits per heavy atom. The molecule has 0 fully saturated rings. The van der Waals surface area contributed by atoms with E-state index in [-0.39, 0.29) is 0 Å². The van der Waals surface area contributed by atoms with E-state index in [2.05, 4.69) is 10.5 Å². The molecule has 0 unspecified atom stereocenters. The molecule has 0 spiro atoms. The van der Waals surface area contributed by atoms with Gasteiger partial charge in [-0.05, 0) is 45.2 Å². The minimum atomic E-state index is -1.03. The van der Waals surface area contributed by atoms with E-state index in [1.165, 1.54) is 11.3 Å². The Morgan fingerprint density at radius 3 is 2.79 bits per heavy atom. The first-order valence-electron chi connectivity index (χ1n) is 9.75. The highest BCUT2D eigenvalue weighted by atomic mass is 32.2. The Morgan fingerprint density at radius 2 is 2.09 bits per heavy atom. The Bertz CT molecular complexity index is 1160. The molecule has 0 aliphatic carbocycles. The van der Waals surface area contributed by atoms with Crippen LogP contribution in [0.1, 0.15) is 25.6 Å². The second-order valence-corrected chi connectivity index (χ2v) is 10.7. The predicted octanol–water partition coefficient (Wildman–Crippen LogP) is 5.58. The van der Waals surface area contributed by atoms with Crippen LogP contribution in [-0.2, 0) is 9.53 Å². The third-order valence-corrected chi connectivity index (χ3v) is 6.96. The van der Waals surface area contributed by atoms with Crippen molar-refractivity contribution in [2.24, 2.45) is 5.10 Å². The van der Waals surface area contributed by atoms with Crippen LogP contribution in [0, 0.1) is 0 Å². The molecular weight excluding hydrogens is 482 g/mol. The summed E-state index contributed by atoms with van der Waals surface area (Å²) in [5.74, 6) is -0.556. The smallest absolute Gasteiger partial charge is 0.428 e. The number of amides is 1. The van der Waals surface area contributed by atoms with Gasteiger partial charge in [-0.1, -0.05) is 12.1 Å². The number of nitrogens with one attached hydrogen (secondary N) is 1. The van der Waals surface area contributed by atoms with Crippen molar-refractivity contribution in [3.8, 4) is 27.6 Å². The number of hydrazone groups is 1. The van der Waals surface area contributed by atoms with E-state index in [9.17, 15) is 9.59 Å². The normalized spacial score (nSPS) is 11.5. The van der Waals surface area contributed by atoms with Crippen molar-refractivity contribution in [1.82, 2.24) is 10.4 Å². The van der Waals surface area contributed by atoms with Gasteiger partial charge in [0.2, 0.25) is 0 Å². The largest absolute Gasteiger partial charge is 0.482 e. The number of carboxylic acid groups (broad SMARTS) is 1. The maximum Gasteiger partial charge on any atom is 0.428 e. The quantitative estimate of drug-likeness (QED) is 0.233. The minimum Gasteiger partial charge on any atom is -0.482 e. The number of carboxylic acids is 1. The number of thiazole rings is 1. The molecule has 2 aromatic heterocycles. The van der Waals surface area contributed by atoms with Gasteiger partial charge in [0, 0.05) is 21.4 Å². The van der Waals surface area contributed by atoms with Crippen LogP contribution < -0.4 is 10.2 Å². The SMILES string of the molecule is CSc1sc(C=NNC(=O)OC(C)(C)C)cc1-c1nc(-c2cccc(OCC(=O)O)c2)cs1. The molecule has 33 heavy (non-hydrogen) atoms. The van der Waals surface area contributed by atoms with Crippen molar-refractivity contribution in [1.29, 1.82) is 0 Å². The number of benzene rings is 1. The summed E-state index contributed by atoms with van der Waals surface area (Å²) in [6, 6.07) is 9.16. The number of rotatable bonds is 8. The van der Waals surface area contributed by atoms with Gasteiger partial charge in [-0.2, -0.15) is 5.10 Å². The predicted molar refractivity (Wildman–Crippen MR) is 133 cm³/mol. The molecule has 2 heterocycles. The average Bonchev–Trinajstić information content (AvgIpc) is 3.38. The first-order chi connectivity index (χ1) is 15.6. The van der Waals surface area contributed by atoms with E-state index in [0.29, 0.717) is 5.75 Å². The number of carbonyl (C=O) groups excluding carboxylic acids is 1. The highest BCUT2D eigenvalue weighted by Gasteiger charge is 2.16. The standard InChI is InChI=1S/C22H23N3O5S3/c1-22(2,3)30-21(28)25-23-10-15-9-16(20(31-4)33-15)19-24-17(12-32-19)13-6-5-7-14(8-13)29-11-18(26)27/h5-10,12H,11H2,1-4H3,(H,25,28)(H,26,27). The maximum atomic E-state index is 11.7. The summed E-state index contributed by atoms with van der Waals surface area (Å²) in [6.07, 6.45) is 2.96. The Hall–Kier alpha value is -2.89. The van der Waals surface area contributed by atoms with Gasteiger partial charge in [0.15, 0.2) is 6.61 Å². The summed E-state index contributed by atoms with van der Waals surface area (Å²) in [5.41, 5.74) is 4.38. The van der Waals surface area contributed by atoms with Crippen LogP contribution in [0.15, 0.2) is 45.0 Å². The van der Waals surface area contributed by atoms with Crippen molar-refractivity contribution < 1.29 is 24.2 Å². The summed E-state index contributed by atoms with van der Waals surface area (Å²) in [5, 5.41) is 15.6. The number of aromatic nitrogens is 1. The van der Waals surface area contributed by atoms with Gasteiger partial charge in [0.05, 0.1) is 16.1 Å². The molecule has 11 heteroatoms. The molecule has 0 saturated carbocycles. The molecule has 3 rings (SSSR count). The molecule has 0 radical (unpaired) electrons. The Kier molecular flexibility index (Phi) is 8.11. The van der Waals surface area contributed by atoms with E-state index in [1.54, 1.807) is 68.3 Å². The molecule has 0 saturated heterocycles. The number of hydrogen-bond acceptors (Lipinski definition) is 9. The van der Waals surface area contributed by atoms with Crippen LogP contribution in [0.2, 0.25) is 0 Å². The third-order valence-electron chi connectivity index (χ3n) is 3.88. The fourth-order valence-electron chi connectivity index (χ4n) is 2.63. The van der Waals surface area contributed by atoms with E-state index in [4.69, 9.17) is 19.6 Å². The molecule has 2 N–H and O–H groups in total. The maximum absolute atomic E-state index is 11.7. The van der Waals surface area contributed by atoms with Crippen LogP contribution in [0.25, 0.3) is 21.8 Å². The lowest BCUT2D eigenvalue weighted by molar-refractivity contribution is -0.139. The topological polar surface area (TPSA) is 110 Å². The molecule has 0 atom stereocenters. The number of ether oxygens (including phenoxy) is 2. The van der Waals surface area contributed by atoms with E-state index >= 15 is 0 Å². The molecule has 174 valence electrons. The summed E-state index contributed by atoms with van der Waals surface area (Å²) in [6.45, 7) is 4.96. The average molecular weight is 506 g/mol. The van der Waals surface area contributed by atoms with Gasteiger partial charge >= 0.3 is 12.1 Å². The number of nitrogens with zero attached hydrogens (tertiary/aromatic N) is 2. The number of carbonyl (C=O) groups is 2. The van der Waals surface area contributed by atoms with Gasteiger partial charge in [0.1, 0.15) is 16.4 Å². The van der Waals surface area contributed by atoms with Crippen molar-refractivity contribution in [3.63, 3.8) is 0 Å². The van der Waals surface area contributed by atoms with Gasteiger partial charge in [-0.25, -0.2) is 20.0 Å². The zero-order valence-corrected chi connectivity index (χ0v) is 20.9. The fraction of sp³-hybridized carbons (Fsp3) is 0.273. The molecule has 0 aliphatic heterocycles. The molecular formula is C22H23N3O5S3. The summed E-state index contributed by atoms with van der Waals surface area (Å²) < 4.78 is 11.5. The number of hydrogen-bond donors (Lipinski definition) is 2. The Labute approximate surface area is 203 Å². The third kappa shape index (κ3) is 7.31. The molecule has 1 aromatic carbocycles. The van der Waals surface area contributed by atoms with Crippen molar-refractivity contribution in [3.05, 3.63) is 40.6 Å². The molecule has 1 amide bonds. The van der Waals surface area contributed by atoms with Gasteiger partial charge in [-0.3, -0.25) is 0 Å². The zero-order chi connectivity index (χ0) is 24.0. The molecule has 0 aliphatic rings. The summed E-state index contributed by atoms with van der Waals surface area (Å²) in [4.78, 5) is 28.1. The highest BCUT2D eigenvalue weighted by Crippen LogP contribution is 2.40. The highest BCUT2D eigenvalue weighted by molar-refractivity contribution is 8.00. The van der Waals surface area contributed by atoms with Crippen molar-refractivity contribution >= 4 is 52.7 Å². The second kappa shape index (κ2) is 10.8. The number of thiophene rings is 1. The van der Waals surface area contributed by atoms with Crippen molar-refractivity contribution in [2.45, 2.75) is 30.6 Å². The molecule has 0 bridgehead atoms. The summed E-state index contributed by atoms with van der Waals surface area (Å²) >= 11 is 4.67. The van der Waals surface area contributed by atoms with E-state index < -0.39 is 24.3 Å². The molecule has 3 aromatic rings. The number of thioether (sulfide) groups is 1. The zero-order valence-electron chi connectivity index (χ0n) is 18.4. The van der Waals surface area contributed by atoms with E-state index in [0.717, 1.165) is 30.9 Å². The van der Waals surface area contributed by atoms with Crippen molar-refractivity contribution in [2.75, 3.05) is 12.9 Å². The monoisotopic (exact) mass is 505 g/mol. The second-order valence-electron chi connectivity index (χ2n) is 7.67. The first kappa shape index (κ1) is 24.7. The number of aliphatic carboxylic acids is 1. The van der Waals surface area contributed by atoms with Gasteiger partial charge < -0.3 is 14.6 Å². The van der Waals surface area contributed by atoms with Crippen LogP contribution in [0.4, 0.5) is 4.79 Å². The van der Waals surface area contributed by atoms with Crippen LogP contribution in [0.3, 0.4) is 0 Å². The lowest BCUT2D eigenvalue weighted by Gasteiger charge is -2.18. The fourth-order valence-corrected chi connectivity index (χ4v) is 5.37. The van der Waals surface area contributed by atoms with Crippen LogP contribution in [0.5, 0.6) is 5.75 Å².